The summed E-state index contributed by atoms with van der Waals surface area (Å²) in [5, 5.41) is 12.5. The lowest BCUT2D eigenvalue weighted by Gasteiger charge is -2.35. The second-order valence-corrected chi connectivity index (χ2v) is 7.88. The molecule has 8 nitrogen and oxygen atoms in total. The lowest BCUT2D eigenvalue weighted by atomic mass is 10.1. The molecule has 0 N–H and O–H groups in total. The number of rotatable bonds is 6. The Hall–Kier alpha value is -3.00. The first-order valence-electron chi connectivity index (χ1n) is 10.4. The minimum absolute atomic E-state index is 0.140. The molecule has 0 unspecified atom stereocenters. The fourth-order valence-electron chi connectivity index (χ4n) is 3.82. The molecule has 1 fully saturated rings. The van der Waals surface area contributed by atoms with Crippen LogP contribution in [-0.4, -0.2) is 61.9 Å². The van der Waals surface area contributed by atoms with Gasteiger partial charge >= 0.3 is 0 Å². The molecule has 2 aromatic heterocycles. The van der Waals surface area contributed by atoms with Crippen molar-refractivity contribution >= 4 is 5.91 Å². The van der Waals surface area contributed by atoms with Crippen LogP contribution in [0.3, 0.4) is 0 Å². The smallest absolute Gasteiger partial charge is 0.265 e. The van der Waals surface area contributed by atoms with Crippen LogP contribution in [0.5, 0.6) is 0 Å². The summed E-state index contributed by atoms with van der Waals surface area (Å²) in [7, 11) is 1.84. The number of carbonyl (C=O) groups excluding carboxylic acids is 1. The van der Waals surface area contributed by atoms with Crippen LogP contribution in [0.2, 0.25) is 0 Å². The molecule has 0 saturated carbocycles. The second-order valence-electron chi connectivity index (χ2n) is 7.88. The highest BCUT2D eigenvalue weighted by Gasteiger charge is 2.22. The van der Waals surface area contributed by atoms with E-state index >= 15 is 0 Å². The third-order valence-electron chi connectivity index (χ3n) is 5.62. The lowest BCUT2D eigenvalue weighted by Crippen LogP contribution is -2.48. The van der Waals surface area contributed by atoms with Crippen LogP contribution in [0.1, 0.15) is 29.1 Å². The van der Waals surface area contributed by atoms with Crippen molar-refractivity contribution in [2.45, 2.75) is 33.2 Å². The van der Waals surface area contributed by atoms with E-state index in [9.17, 15) is 4.79 Å². The predicted molar refractivity (Wildman–Crippen MR) is 113 cm³/mol. The molecule has 3 aromatic rings. The number of hydrogen-bond donors (Lipinski definition) is 0. The standard InChI is InChI=1S/C22H28N6O2/c1-16-6-4-5-7-18(16)15-27-10-12-28(13-11-27)21(29)9-8-20-23-24-22(30-20)19-14-17(2)25-26(19)3/h4-7,14H,8-13,15H2,1-3H3. The Morgan fingerprint density at radius 3 is 2.57 bits per heavy atom. The van der Waals surface area contributed by atoms with Crippen LogP contribution in [0.4, 0.5) is 0 Å². The van der Waals surface area contributed by atoms with Crippen LogP contribution < -0.4 is 0 Å². The van der Waals surface area contributed by atoms with Gasteiger partial charge in [0.1, 0.15) is 5.69 Å². The van der Waals surface area contributed by atoms with E-state index in [4.69, 9.17) is 4.42 Å². The van der Waals surface area contributed by atoms with Crippen LogP contribution in [-0.2, 0) is 24.8 Å². The summed E-state index contributed by atoms with van der Waals surface area (Å²) in [5.41, 5.74) is 4.34. The average molecular weight is 409 g/mol. The van der Waals surface area contributed by atoms with Gasteiger partial charge in [-0.25, -0.2) is 0 Å². The number of nitrogens with zero attached hydrogens (tertiary/aromatic N) is 6. The van der Waals surface area contributed by atoms with E-state index in [1.807, 2.05) is 24.9 Å². The van der Waals surface area contributed by atoms with Crippen molar-refractivity contribution < 1.29 is 9.21 Å². The maximum Gasteiger partial charge on any atom is 0.265 e. The topological polar surface area (TPSA) is 80.3 Å². The van der Waals surface area contributed by atoms with Gasteiger partial charge in [0.25, 0.3) is 5.89 Å². The average Bonchev–Trinajstić information content (AvgIpc) is 3.34. The van der Waals surface area contributed by atoms with Gasteiger partial charge in [0, 0.05) is 52.6 Å². The molecule has 0 aliphatic carbocycles. The molecule has 1 aromatic carbocycles. The number of carbonyl (C=O) groups is 1. The van der Waals surface area contributed by atoms with Crippen LogP contribution >= 0.6 is 0 Å². The number of aromatic nitrogens is 4. The Labute approximate surface area is 176 Å². The summed E-state index contributed by atoms with van der Waals surface area (Å²) in [6.45, 7) is 8.30. The van der Waals surface area contributed by atoms with Gasteiger partial charge < -0.3 is 9.32 Å². The first-order valence-corrected chi connectivity index (χ1v) is 10.4. The maximum atomic E-state index is 12.6. The first-order chi connectivity index (χ1) is 14.5. The van der Waals surface area contributed by atoms with Crippen molar-refractivity contribution in [2.24, 2.45) is 7.05 Å². The van der Waals surface area contributed by atoms with Gasteiger partial charge in [-0.2, -0.15) is 5.10 Å². The van der Waals surface area contributed by atoms with Crippen LogP contribution in [0.25, 0.3) is 11.6 Å². The van der Waals surface area contributed by atoms with E-state index in [0.29, 0.717) is 24.6 Å². The Kier molecular flexibility index (Phi) is 5.94. The normalized spacial score (nSPS) is 15.0. The molecule has 0 radical (unpaired) electrons. The minimum Gasteiger partial charge on any atom is -0.419 e. The monoisotopic (exact) mass is 408 g/mol. The Morgan fingerprint density at radius 1 is 1.10 bits per heavy atom. The third kappa shape index (κ3) is 4.59. The molecule has 4 rings (SSSR count). The summed E-state index contributed by atoms with van der Waals surface area (Å²) in [5.74, 6) is 1.06. The van der Waals surface area contributed by atoms with Crippen molar-refractivity contribution in [3.8, 4) is 11.6 Å². The molecule has 1 aliphatic rings. The van der Waals surface area contributed by atoms with Crippen molar-refractivity contribution in [1.82, 2.24) is 29.8 Å². The zero-order valence-electron chi connectivity index (χ0n) is 17.8. The highest BCUT2D eigenvalue weighted by Crippen LogP contribution is 2.19. The van der Waals surface area contributed by atoms with E-state index in [1.54, 1.807) is 4.68 Å². The van der Waals surface area contributed by atoms with Gasteiger partial charge in [0.05, 0.1) is 5.69 Å². The molecule has 0 bridgehead atoms. The van der Waals surface area contributed by atoms with Gasteiger partial charge in [-0.3, -0.25) is 14.4 Å². The Bertz CT molecular complexity index is 1020. The molecule has 1 amide bonds. The molecule has 1 aliphatic heterocycles. The summed E-state index contributed by atoms with van der Waals surface area (Å²) in [4.78, 5) is 17.0. The van der Waals surface area contributed by atoms with E-state index in [-0.39, 0.29) is 5.91 Å². The molecule has 30 heavy (non-hydrogen) atoms. The number of aryl methyl sites for hydroxylation is 4. The Morgan fingerprint density at radius 2 is 1.87 bits per heavy atom. The first kappa shape index (κ1) is 20.3. The number of hydrogen-bond acceptors (Lipinski definition) is 6. The Balaban J connectivity index is 1.26. The highest BCUT2D eigenvalue weighted by atomic mass is 16.4. The van der Waals surface area contributed by atoms with Crippen molar-refractivity contribution in [1.29, 1.82) is 0 Å². The van der Waals surface area contributed by atoms with Crippen molar-refractivity contribution in [2.75, 3.05) is 26.2 Å². The van der Waals surface area contributed by atoms with Gasteiger partial charge in [0.2, 0.25) is 11.8 Å². The summed E-state index contributed by atoms with van der Waals surface area (Å²) in [6, 6.07) is 10.4. The predicted octanol–water partition coefficient (Wildman–Crippen LogP) is 2.36. The molecule has 8 heteroatoms. The van der Waals surface area contributed by atoms with Crippen molar-refractivity contribution in [3.05, 3.63) is 53.0 Å². The van der Waals surface area contributed by atoms with Crippen LogP contribution in [0.15, 0.2) is 34.7 Å². The van der Waals surface area contributed by atoms with Gasteiger partial charge in [-0.1, -0.05) is 24.3 Å². The quantitative estimate of drug-likeness (QED) is 0.623. The summed E-state index contributed by atoms with van der Waals surface area (Å²) in [6.07, 6.45) is 0.829. The SMILES string of the molecule is Cc1cc(-c2nnc(CCC(=O)N3CCN(Cc4ccccc4C)CC3)o2)n(C)n1. The van der Waals surface area contributed by atoms with Crippen molar-refractivity contribution in [3.63, 3.8) is 0 Å². The minimum atomic E-state index is 0.140. The number of piperazine rings is 1. The van der Waals surface area contributed by atoms with Crippen LogP contribution in [0, 0.1) is 13.8 Å². The number of amides is 1. The second kappa shape index (κ2) is 8.79. The fourth-order valence-corrected chi connectivity index (χ4v) is 3.82. The van der Waals surface area contributed by atoms with Gasteiger partial charge in [-0.15, -0.1) is 10.2 Å². The van der Waals surface area contributed by atoms with Gasteiger partial charge in [-0.05, 0) is 31.0 Å². The van der Waals surface area contributed by atoms with E-state index in [0.717, 1.165) is 44.1 Å². The molecule has 3 heterocycles. The molecular formula is C22H28N6O2. The lowest BCUT2D eigenvalue weighted by molar-refractivity contribution is -0.133. The highest BCUT2D eigenvalue weighted by molar-refractivity contribution is 5.76. The van der Waals surface area contributed by atoms with E-state index in [1.165, 1.54) is 11.1 Å². The zero-order valence-corrected chi connectivity index (χ0v) is 17.8. The molecular weight excluding hydrogens is 380 g/mol. The maximum absolute atomic E-state index is 12.6. The largest absolute Gasteiger partial charge is 0.419 e. The van der Waals surface area contributed by atoms with Gasteiger partial charge in [0.15, 0.2) is 0 Å². The third-order valence-corrected chi connectivity index (χ3v) is 5.62. The summed E-state index contributed by atoms with van der Waals surface area (Å²) < 4.78 is 7.45. The molecule has 0 atom stereocenters. The number of benzene rings is 1. The summed E-state index contributed by atoms with van der Waals surface area (Å²) >= 11 is 0. The molecule has 0 spiro atoms. The molecule has 1 saturated heterocycles. The van der Waals surface area contributed by atoms with E-state index < -0.39 is 0 Å². The fraction of sp³-hybridized carbons (Fsp3) is 0.455. The van der Waals surface area contributed by atoms with E-state index in [2.05, 4.69) is 51.4 Å². The molecule has 158 valence electrons. The zero-order chi connectivity index (χ0) is 21.1.